The molecule has 0 aliphatic heterocycles. The van der Waals surface area contributed by atoms with Crippen LogP contribution in [0.15, 0.2) is 95.7 Å². The van der Waals surface area contributed by atoms with E-state index in [1.165, 1.54) is 33.4 Å². The average Bonchev–Trinajstić information content (AvgIpc) is 3.17. The zero-order valence-corrected chi connectivity index (χ0v) is 15.0. The van der Waals surface area contributed by atoms with Gasteiger partial charge < -0.3 is 0 Å². The summed E-state index contributed by atoms with van der Waals surface area (Å²) in [4.78, 5) is 0. The standard InChI is InChI=1S/C22H16S.H2S/c1-3-8-17(9-4-1)20-12-7-13-21(19-14-15-23-16-19)22(20)18-10-5-2-6-11-18;/h1-16H;1H2. The third-order valence-electron chi connectivity index (χ3n) is 4.04. The van der Waals surface area contributed by atoms with E-state index in [-0.39, 0.29) is 13.5 Å². The quantitative estimate of drug-likeness (QED) is 0.380. The second-order valence-corrected chi connectivity index (χ2v) is 6.25. The Bertz CT molecular complexity index is 895. The van der Waals surface area contributed by atoms with Crippen LogP contribution in [0.25, 0.3) is 33.4 Å². The molecule has 0 aliphatic carbocycles. The zero-order chi connectivity index (χ0) is 15.5. The van der Waals surface area contributed by atoms with Crippen molar-refractivity contribution < 1.29 is 0 Å². The monoisotopic (exact) mass is 346 g/mol. The van der Waals surface area contributed by atoms with Gasteiger partial charge in [-0.2, -0.15) is 24.8 Å². The lowest BCUT2D eigenvalue weighted by atomic mass is 9.88. The van der Waals surface area contributed by atoms with Crippen molar-refractivity contribution in [2.45, 2.75) is 0 Å². The summed E-state index contributed by atoms with van der Waals surface area (Å²) < 4.78 is 0. The van der Waals surface area contributed by atoms with Crippen LogP contribution in [0.1, 0.15) is 0 Å². The van der Waals surface area contributed by atoms with Crippen molar-refractivity contribution in [3.63, 3.8) is 0 Å². The molecule has 0 saturated carbocycles. The SMILES string of the molecule is S.c1ccc(-c2cccc(-c3ccsc3)c2-c2ccccc2)cc1. The second kappa shape index (κ2) is 7.52. The Morgan fingerprint density at radius 2 is 1.08 bits per heavy atom. The Morgan fingerprint density at radius 1 is 0.500 bits per heavy atom. The first-order valence-electron chi connectivity index (χ1n) is 7.70. The minimum atomic E-state index is 0. The van der Waals surface area contributed by atoms with Crippen molar-refractivity contribution in [1.82, 2.24) is 0 Å². The molecule has 4 rings (SSSR count). The first-order valence-corrected chi connectivity index (χ1v) is 8.64. The molecule has 1 aromatic heterocycles. The summed E-state index contributed by atoms with van der Waals surface area (Å²) >= 11 is 1.74. The second-order valence-electron chi connectivity index (χ2n) is 5.47. The molecule has 4 aromatic rings. The number of benzene rings is 3. The molecule has 0 bridgehead atoms. The molecule has 3 aromatic carbocycles. The van der Waals surface area contributed by atoms with E-state index in [2.05, 4.69) is 95.7 Å². The van der Waals surface area contributed by atoms with Crippen LogP contribution >= 0.6 is 24.8 Å². The molecule has 118 valence electrons. The highest BCUT2D eigenvalue weighted by molar-refractivity contribution is 7.59. The summed E-state index contributed by atoms with van der Waals surface area (Å²) in [7, 11) is 0. The topological polar surface area (TPSA) is 0 Å². The first-order chi connectivity index (χ1) is 11.4. The van der Waals surface area contributed by atoms with Gasteiger partial charge in [0.25, 0.3) is 0 Å². The summed E-state index contributed by atoms with van der Waals surface area (Å²) in [6.45, 7) is 0. The van der Waals surface area contributed by atoms with Crippen molar-refractivity contribution in [2.24, 2.45) is 0 Å². The molecule has 0 saturated heterocycles. The van der Waals surface area contributed by atoms with E-state index < -0.39 is 0 Å². The van der Waals surface area contributed by atoms with E-state index in [0.29, 0.717) is 0 Å². The van der Waals surface area contributed by atoms with Gasteiger partial charge in [-0.05, 0) is 50.2 Å². The van der Waals surface area contributed by atoms with Gasteiger partial charge in [-0.15, -0.1) is 0 Å². The van der Waals surface area contributed by atoms with Gasteiger partial charge in [-0.1, -0.05) is 78.9 Å². The van der Waals surface area contributed by atoms with Crippen molar-refractivity contribution in [3.05, 3.63) is 95.7 Å². The van der Waals surface area contributed by atoms with Crippen molar-refractivity contribution in [3.8, 4) is 33.4 Å². The van der Waals surface area contributed by atoms with Gasteiger partial charge in [-0.3, -0.25) is 0 Å². The fourth-order valence-electron chi connectivity index (χ4n) is 2.98. The molecule has 0 aliphatic rings. The van der Waals surface area contributed by atoms with Gasteiger partial charge in [0.1, 0.15) is 0 Å². The van der Waals surface area contributed by atoms with E-state index in [4.69, 9.17) is 0 Å². The van der Waals surface area contributed by atoms with E-state index in [0.717, 1.165) is 0 Å². The van der Waals surface area contributed by atoms with Crippen LogP contribution < -0.4 is 0 Å². The van der Waals surface area contributed by atoms with Crippen LogP contribution in [-0.2, 0) is 0 Å². The lowest BCUT2D eigenvalue weighted by Crippen LogP contribution is -1.89. The number of hydrogen-bond acceptors (Lipinski definition) is 1. The molecule has 1 heterocycles. The molecule has 0 fully saturated rings. The molecule has 2 heteroatoms. The predicted molar refractivity (Wildman–Crippen MR) is 111 cm³/mol. The Balaban J connectivity index is 0.00000169. The molecular formula is C22H18S2. The van der Waals surface area contributed by atoms with Gasteiger partial charge >= 0.3 is 0 Å². The summed E-state index contributed by atoms with van der Waals surface area (Å²) in [6, 6.07) is 30.1. The van der Waals surface area contributed by atoms with E-state index in [9.17, 15) is 0 Å². The molecular weight excluding hydrogens is 328 g/mol. The van der Waals surface area contributed by atoms with Crippen LogP contribution in [0.2, 0.25) is 0 Å². The highest BCUT2D eigenvalue weighted by Gasteiger charge is 2.13. The third kappa shape index (κ3) is 3.16. The maximum absolute atomic E-state index is 2.22. The molecule has 0 amide bonds. The molecule has 0 spiro atoms. The maximum Gasteiger partial charge on any atom is -0.00145 e. The Kier molecular flexibility index (Phi) is 5.19. The summed E-state index contributed by atoms with van der Waals surface area (Å²) in [6.07, 6.45) is 0. The van der Waals surface area contributed by atoms with Crippen LogP contribution in [0, 0.1) is 0 Å². The Morgan fingerprint density at radius 3 is 1.67 bits per heavy atom. The fraction of sp³-hybridized carbons (Fsp3) is 0. The van der Waals surface area contributed by atoms with Gasteiger partial charge in [0.05, 0.1) is 0 Å². The molecule has 0 N–H and O–H groups in total. The molecule has 0 radical (unpaired) electrons. The van der Waals surface area contributed by atoms with Crippen LogP contribution in [0.3, 0.4) is 0 Å². The average molecular weight is 347 g/mol. The van der Waals surface area contributed by atoms with E-state index in [1.807, 2.05) is 0 Å². The van der Waals surface area contributed by atoms with Crippen LogP contribution in [-0.4, -0.2) is 0 Å². The van der Waals surface area contributed by atoms with Crippen molar-refractivity contribution >= 4 is 24.8 Å². The lowest BCUT2D eigenvalue weighted by molar-refractivity contribution is 1.57. The lowest BCUT2D eigenvalue weighted by Gasteiger charge is -2.15. The minimum absolute atomic E-state index is 0. The van der Waals surface area contributed by atoms with Crippen molar-refractivity contribution in [2.75, 3.05) is 0 Å². The van der Waals surface area contributed by atoms with Crippen LogP contribution in [0.5, 0.6) is 0 Å². The predicted octanol–water partition coefficient (Wildman–Crippen LogP) is 6.86. The number of hydrogen-bond donors (Lipinski definition) is 0. The normalized spacial score (nSPS) is 10.2. The van der Waals surface area contributed by atoms with Crippen molar-refractivity contribution in [1.29, 1.82) is 0 Å². The summed E-state index contributed by atoms with van der Waals surface area (Å²) in [5, 5.41) is 4.36. The Labute approximate surface area is 153 Å². The highest BCUT2D eigenvalue weighted by atomic mass is 32.1. The largest absolute Gasteiger partial charge is 0.197 e. The molecule has 0 nitrogen and oxygen atoms in total. The van der Waals surface area contributed by atoms with Gasteiger partial charge in [-0.25, -0.2) is 0 Å². The third-order valence-corrected chi connectivity index (χ3v) is 4.73. The minimum Gasteiger partial charge on any atom is -0.197 e. The highest BCUT2D eigenvalue weighted by Crippen LogP contribution is 2.40. The van der Waals surface area contributed by atoms with Gasteiger partial charge in [0.15, 0.2) is 0 Å². The maximum atomic E-state index is 2.22. The van der Waals surface area contributed by atoms with E-state index >= 15 is 0 Å². The number of thiophene rings is 1. The van der Waals surface area contributed by atoms with Gasteiger partial charge in [0.2, 0.25) is 0 Å². The summed E-state index contributed by atoms with van der Waals surface area (Å²) in [5.41, 5.74) is 7.67. The fourth-order valence-corrected chi connectivity index (χ4v) is 3.64. The first kappa shape index (κ1) is 16.6. The van der Waals surface area contributed by atoms with E-state index in [1.54, 1.807) is 11.3 Å². The smallest absolute Gasteiger partial charge is 0.00145 e. The Hall–Kier alpha value is -2.29. The number of rotatable bonds is 3. The molecule has 24 heavy (non-hydrogen) atoms. The van der Waals surface area contributed by atoms with Gasteiger partial charge in [0, 0.05) is 0 Å². The molecule has 0 atom stereocenters. The molecule has 0 unspecified atom stereocenters. The summed E-state index contributed by atoms with van der Waals surface area (Å²) in [5.74, 6) is 0. The zero-order valence-electron chi connectivity index (χ0n) is 13.1. The van der Waals surface area contributed by atoms with Crippen LogP contribution in [0.4, 0.5) is 0 Å².